The van der Waals surface area contributed by atoms with E-state index < -0.39 is 0 Å². The SMILES string of the molecule is COC(=O)CC(C)SCc1nnc(-c2ccc(F)cc2)o1. The topological polar surface area (TPSA) is 65.2 Å². The first-order chi connectivity index (χ1) is 10.1. The van der Waals surface area contributed by atoms with Gasteiger partial charge in [-0.25, -0.2) is 4.39 Å². The first-order valence-corrected chi connectivity index (χ1v) is 7.40. The molecule has 0 bridgehead atoms. The molecule has 0 aliphatic heterocycles. The molecule has 2 aromatic rings. The van der Waals surface area contributed by atoms with Crippen LogP contribution >= 0.6 is 11.8 Å². The first kappa shape index (κ1) is 15.5. The monoisotopic (exact) mass is 310 g/mol. The van der Waals surface area contributed by atoms with Crippen molar-refractivity contribution in [2.75, 3.05) is 7.11 Å². The molecule has 0 aliphatic carbocycles. The molecular formula is C14H15FN2O3S. The number of aromatic nitrogens is 2. The van der Waals surface area contributed by atoms with Crippen LogP contribution in [0.3, 0.4) is 0 Å². The number of hydrogen-bond donors (Lipinski definition) is 0. The van der Waals surface area contributed by atoms with Crippen molar-refractivity contribution in [3.05, 3.63) is 36.0 Å². The van der Waals surface area contributed by atoms with Gasteiger partial charge in [-0.2, -0.15) is 0 Å². The predicted octanol–water partition coefficient (Wildman–Crippen LogP) is 3.06. The average molecular weight is 310 g/mol. The molecule has 7 heteroatoms. The van der Waals surface area contributed by atoms with Crippen molar-refractivity contribution in [2.24, 2.45) is 0 Å². The average Bonchev–Trinajstić information content (AvgIpc) is 2.94. The molecule has 0 radical (unpaired) electrons. The summed E-state index contributed by atoms with van der Waals surface area (Å²) in [6.45, 7) is 1.93. The fourth-order valence-corrected chi connectivity index (χ4v) is 2.41. The molecule has 1 aromatic heterocycles. The number of methoxy groups -OCH3 is 1. The number of carbonyl (C=O) groups excluding carboxylic acids is 1. The van der Waals surface area contributed by atoms with E-state index in [1.165, 1.54) is 31.0 Å². The number of ether oxygens (including phenoxy) is 1. The second-order valence-corrected chi connectivity index (χ2v) is 5.84. The Bertz CT molecular complexity index is 601. The third-order valence-electron chi connectivity index (χ3n) is 2.73. The lowest BCUT2D eigenvalue weighted by Gasteiger charge is -2.07. The lowest BCUT2D eigenvalue weighted by atomic mass is 10.2. The van der Waals surface area contributed by atoms with Crippen LogP contribution in [0.1, 0.15) is 19.2 Å². The van der Waals surface area contributed by atoms with Crippen LogP contribution in [0.15, 0.2) is 28.7 Å². The van der Waals surface area contributed by atoms with Gasteiger partial charge in [0.05, 0.1) is 19.3 Å². The summed E-state index contributed by atoms with van der Waals surface area (Å²) in [7, 11) is 1.37. The number of hydrogen-bond acceptors (Lipinski definition) is 6. The lowest BCUT2D eigenvalue weighted by molar-refractivity contribution is -0.140. The standard InChI is InChI=1S/C14H15FN2O3S/c1-9(7-13(18)19-2)21-8-12-16-17-14(20-12)10-3-5-11(15)6-4-10/h3-6,9H,7-8H2,1-2H3. The molecule has 21 heavy (non-hydrogen) atoms. The summed E-state index contributed by atoms with van der Waals surface area (Å²) in [4.78, 5) is 11.1. The smallest absolute Gasteiger partial charge is 0.306 e. The summed E-state index contributed by atoms with van der Waals surface area (Å²) in [6.07, 6.45) is 0.333. The van der Waals surface area contributed by atoms with E-state index in [0.29, 0.717) is 29.5 Å². The number of nitrogens with zero attached hydrogens (tertiary/aromatic N) is 2. The summed E-state index contributed by atoms with van der Waals surface area (Å²) in [5.74, 6) is 0.771. The van der Waals surface area contributed by atoms with Crippen LogP contribution < -0.4 is 0 Å². The highest BCUT2D eigenvalue weighted by molar-refractivity contribution is 7.99. The van der Waals surface area contributed by atoms with Crippen LogP contribution in [0, 0.1) is 5.82 Å². The summed E-state index contributed by atoms with van der Waals surface area (Å²) in [5, 5.41) is 7.96. The van der Waals surface area contributed by atoms with Gasteiger partial charge in [0, 0.05) is 10.8 Å². The number of halogens is 1. The minimum Gasteiger partial charge on any atom is -0.469 e. The van der Waals surface area contributed by atoms with E-state index in [2.05, 4.69) is 14.9 Å². The molecule has 0 fully saturated rings. The highest BCUT2D eigenvalue weighted by Gasteiger charge is 2.13. The van der Waals surface area contributed by atoms with Crippen LogP contribution in [0.25, 0.3) is 11.5 Å². The number of rotatable bonds is 6. The Balaban J connectivity index is 1.91. The quantitative estimate of drug-likeness (QED) is 0.764. The molecule has 0 aliphatic rings. The van der Waals surface area contributed by atoms with E-state index >= 15 is 0 Å². The van der Waals surface area contributed by atoms with Crippen molar-refractivity contribution in [3.63, 3.8) is 0 Å². The maximum absolute atomic E-state index is 12.8. The van der Waals surface area contributed by atoms with Gasteiger partial charge in [0.1, 0.15) is 5.82 Å². The molecule has 0 amide bonds. The molecule has 2 rings (SSSR count). The largest absolute Gasteiger partial charge is 0.469 e. The van der Waals surface area contributed by atoms with Gasteiger partial charge < -0.3 is 9.15 Å². The zero-order chi connectivity index (χ0) is 15.2. The third-order valence-corrected chi connectivity index (χ3v) is 3.88. The predicted molar refractivity (Wildman–Crippen MR) is 77.1 cm³/mol. The van der Waals surface area contributed by atoms with E-state index in [0.717, 1.165) is 0 Å². The Labute approximate surface area is 125 Å². The van der Waals surface area contributed by atoms with Gasteiger partial charge in [-0.3, -0.25) is 4.79 Å². The third kappa shape index (κ3) is 4.56. The number of thioether (sulfide) groups is 1. The fourth-order valence-electron chi connectivity index (χ4n) is 1.61. The summed E-state index contributed by atoms with van der Waals surface area (Å²) < 4.78 is 23.0. The number of esters is 1. The second-order valence-electron chi connectivity index (χ2n) is 4.41. The molecule has 5 nitrogen and oxygen atoms in total. The van der Waals surface area contributed by atoms with Crippen molar-refractivity contribution in [1.82, 2.24) is 10.2 Å². The van der Waals surface area contributed by atoms with Gasteiger partial charge in [0.25, 0.3) is 0 Å². The van der Waals surface area contributed by atoms with E-state index in [-0.39, 0.29) is 17.0 Å². The van der Waals surface area contributed by atoms with Crippen molar-refractivity contribution in [3.8, 4) is 11.5 Å². The maximum atomic E-state index is 12.8. The minimum absolute atomic E-state index is 0.0959. The normalized spacial score (nSPS) is 12.1. The molecule has 112 valence electrons. The second kappa shape index (κ2) is 7.21. The van der Waals surface area contributed by atoms with Crippen LogP contribution in [0.4, 0.5) is 4.39 Å². The zero-order valence-electron chi connectivity index (χ0n) is 11.7. The molecule has 0 spiro atoms. The molecule has 0 saturated carbocycles. The van der Waals surface area contributed by atoms with Crippen LogP contribution in [0.2, 0.25) is 0 Å². The molecule has 1 aromatic carbocycles. The Kier molecular flexibility index (Phi) is 5.32. The van der Waals surface area contributed by atoms with Crippen molar-refractivity contribution in [2.45, 2.75) is 24.3 Å². The van der Waals surface area contributed by atoms with Crippen molar-refractivity contribution in [1.29, 1.82) is 0 Å². The van der Waals surface area contributed by atoms with E-state index in [4.69, 9.17) is 4.42 Å². The Hall–Kier alpha value is -1.89. The summed E-state index contributed by atoms with van der Waals surface area (Å²) in [6, 6.07) is 5.85. The van der Waals surface area contributed by atoms with E-state index in [9.17, 15) is 9.18 Å². The van der Waals surface area contributed by atoms with Crippen LogP contribution in [0.5, 0.6) is 0 Å². The van der Waals surface area contributed by atoms with Gasteiger partial charge in [-0.1, -0.05) is 6.92 Å². The first-order valence-electron chi connectivity index (χ1n) is 6.35. The Morgan fingerprint density at radius 1 is 1.38 bits per heavy atom. The zero-order valence-corrected chi connectivity index (χ0v) is 12.5. The lowest BCUT2D eigenvalue weighted by Crippen LogP contribution is -2.08. The molecule has 1 atom stereocenters. The van der Waals surface area contributed by atoms with Gasteiger partial charge in [-0.15, -0.1) is 22.0 Å². The molecular weight excluding hydrogens is 295 g/mol. The molecule has 0 N–H and O–H groups in total. The van der Waals surface area contributed by atoms with Gasteiger partial charge in [0.2, 0.25) is 11.8 Å². The van der Waals surface area contributed by atoms with Gasteiger partial charge in [0.15, 0.2) is 0 Å². The Morgan fingerprint density at radius 2 is 2.10 bits per heavy atom. The van der Waals surface area contributed by atoms with E-state index in [1.807, 2.05) is 6.92 Å². The molecule has 0 saturated heterocycles. The number of benzene rings is 1. The van der Waals surface area contributed by atoms with Gasteiger partial charge >= 0.3 is 5.97 Å². The van der Waals surface area contributed by atoms with Crippen LogP contribution in [-0.2, 0) is 15.3 Å². The minimum atomic E-state index is -0.314. The molecule has 1 unspecified atom stereocenters. The highest BCUT2D eigenvalue weighted by atomic mass is 32.2. The summed E-state index contributed by atoms with van der Waals surface area (Å²) >= 11 is 1.53. The van der Waals surface area contributed by atoms with Crippen molar-refractivity contribution < 1.29 is 18.3 Å². The molecule has 1 heterocycles. The van der Waals surface area contributed by atoms with Crippen molar-refractivity contribution >= 4 is 17.7 Å². The Morgan fingerprint density at radius 3 is 2.76 bits per heavy atom. The maximum Gasteiger partial charge on any atom is 0.306 e. The van der Waals surface area contributed by atoms with Gasteiger partial charge in [-0.05, 0) is 24.3 Å². The number of carbonyl (C=O) groups is 1. The van der Waals surface area contributed by atoms with Crippen LogP contribution in [-0.4, -0.2) is 28.5 Å². The van der Waals surface area contributed by atoms with E-state index in [1.54, 1.807) is 12.1 Å². The highest BCUT2D eigenvalue weighted by Crippen LogP contribution is 2.23. The summed E-state index contributed by atoms with van der Waals surface area (Å²) in [5.41, 5.74) is 0.669. The fraction of sp³-hybridized carbons (Fsp3) is 0.357.